The van der Waals surface area contributed by atoms with Gasteiger partial charge in [-0.25, -0.2) is 0 Å². The van der Waals surface area contributed by atoms with Crippen molar-refractivity contribution in [3.63, 3.8) is 0 Å². The number of hydrogen-bond acceptors (Lipinski definition) is 4. The van der Waals surface area contributed by atoms with Gasteiger partial charge in [-0.2, -0.15) is 0 Å². The van der Waals surface area contributed by atoms with E-state index >= 15 is 0 Å². The Kier molecular flexibility index (Phi) is 2.59. The second-order valence-electron chi connectivity index (χ2n) is 4.57. The molecule has 1 aliphatic heterocycles. The van der Waals surface area contributed by atoms with Crippen LogP contribution in [0.25, 0.3) is 11.0 Å². The van der Waals surface area contributed by atoms with Crippen LogP contribution in [0.1, 0.15) is 6.42 Å². The van der Waals surface area contributed by atoms with Crippen molar-refractivity contribution in [1.29, 1.82) is 0 Å². The van der Waals surface area contributed by atoms with E-state index < -0.39 is 0 Å². The van der Waals surface area contributed by atoms with Gasteiger partial charge in [0, 0.05) is 19.3 Å². The monoisotopic (exact) mass is 242 g/mol. The number of amides is 1. The minimum atomic E-state index is -0.218. The lowest BCUT2D eigenvalue weighted by atomic mass is 10.1. The topological polar surface area (TPSA) is 72.1 Å². The number of hydrogen-bond donors (Lipinski definition) is 1. The summed E-state index contributed by atoms with van der Waals surface area (Å²) in [7, 11) is 0. The molecule has 92 valence electrons. The number of nitrogens with two attached hydrogens (primary N) is 1. The fourth-order valence-electron chi connectivity index (χ4n) is 2.34. The molecule has 1 atom stereocenters. The minimum absolute atomic E-state index is 0.0515. The average Bonchev–Trinajstić information content (AvgIpc) is 2.88. The predicted octanol–water partition coefficient (Wildman–Crippen LogP) is 0.941. The molecule has 2 aromatic rings. The second-order valence-corrected chi connectivity index (χ2v) is 4.57. The Hall–Kier alpha value is -2.17. The van der Waals surface area contributed by atoms with Gasteiger partial charge < -0.3 is 10.6 Å². The Bertz CT molecular complexity index is 598. The van der Waals surface area contributed by atoms with Gasteiger partial charge >= 0.3 is 0 Å². The maximum Gasteiger partial charge on any atom is 0.222 e. The first-order chi connectivity index (χ1) is 8.74. The van der Waals surface area contributed by atoms with Crippen LogP contribution in [-0.2, 0) is 4.79 Å². The SMILES string of the molecule is NC(=O)[C@@H]1CCN(c2cnc3cccnc3c2)C1. The minimum Gasteiger partial charge on any atom is -0.369 e. The van der Waals surface area contributed by atoms with Gasteiger partial charge in [0.25, 0.3) is 0 Å². The summed E-state index contributed by atoms with van der Waals surface area (Å²) in [4.78, 5) is 22.0. The fourth-order valence-corrected chi connectivity index (χ4v) is 2.34. The number of primary amides is 1. The van der Waals surface area contributed by atoms with Crippen molar-refractivity contribution in [3.05, 3.63) is 30.6 Å². The Morgan fingerprint density at radius 2 is 2.28 bits per heavy atom. The van der Waals surface area contributed by atoms with Gasteiger partial charge in [0.2, 0.25) is 5.91 Å². The van der Waals surface area contributed by atoms with Gasteiger partial charge in [0.1, 0.15) is 0 Å². The molecule has 1 fully saturated rings. The Labute approximate surface area is 105 Å². The summed E-state index contributed by atoms with van der Waals surface area (Å²) in [5, 5.41) is 0. The predicted molar refractivity (Wildman–Crippen MR) is 69.1 cm³/mol. The normalized spacial score (nSPS) is 19.3. The number of carbonyl (C=O) groups excluding carboxylic acids is 1. The number of rotatable bonds is 2. The van der Waals surface area contributed by atoms with E-state index in [-0.39, 0.29) is 11.8 Å². The molecule has 1 amide bonds. The molecule has 0 bridgehead atoms. The van der Waals surface area contributed by atoms with E-state index in [1.807, 2.05) is 24.4 Å². The molecular weight excluding hydrogens is 228 g/mol. The molecule has 0 unspecified atom stereocenters. The van der Waals surface area contributed by atoms with Crippen molar-refractivity contribution in [2.75, 3.05) is 18.0 Å². The van der Waals surface area contributed by atoms with E-state index in [0.717, 1.165) is 29.7 Å². The first-order valence-electron chi connectivity index (χ1n) is 5.99. The van der Waals surface area contributed by atoms with Crippen molar-refractivity contribution >= 4 is 22.6 Å². The molecule has 0 aromatic carbocycles. The Morgan fingerprint density at radius 3 is 3.06 bits per heavy atom. The first-order valence-corrected chi connectivity index (χ1v) is 5.99. The smallest absolute Gasteiger partial charge is 0.222 e. The van der Waals surface area contributed by atoms with E-state index in [2.05, 4.69) is 14.9 Å². The first kappa shape index (κ1) is 11.0. The van der Waals surface area contributed by atoms with Crippen LogP contribution in [0.5, 0.6) is 0 Å². The maximum atomic E-state index is 11.2. The Balaban J connectivity index is 1.89. The van der Waals surface area contributed by atoms with Crippen LogP contribution in [0.15, 0.2) is 30.6 Å². The summed E-state index contributed by atoms with van der Waals surface area (Å²) in [5.41, 5.74) is 8.09. The van der Waals surface area contributed by atoms with E-state index in [0.29, 0.717) is 6.54 Å². The van der Waals surface area contributed by atoms with E-state index in [1.54, 1.807) is 6.20 Å². The maximum absolute atomic E-state index is 11.2. The molecule has 5 heteroatoms. The standard InChI is InChI=1S/C13H14N4O/c14-13(18)9-3-5-17(8-9)10-6-12-11(16-7-10)2-1-4-15-12/h1-2,4,6-7,9H,3,5,8H2,(H2,14,18)/t9-/m1/s1. The molecule has 5 nitrogen and oxygen atoms in total. The third kappa shape index (κ3) is 1.88. The molecular formula is C13H14N4O. The molecule has 1 aliphatic rings. The van der Waals surface area contributed by atoms with Gasteiger partial charge in [0.05, 0.1) is 28.8 Å². The molecule has 0 saturated carbocycles. The molecule has 2 aromatic heterocycles. The zero-order valence-corrected chi connectivity index (χ0v) is 9.91. The second kappa shape index (κ2) is 4.25. The van der Waals surface area contributed by atoms with Crippen molar-refractivity contribution in [1.82, 2.24) is 9.97 Å². The number of anilines is 1. The van der Waals surface area contributed by atoms with Crippen LogP contribution in [0, 0.1) is 5.92 Å². The number of nitrogens with zero attached hydrogens (tertiary/aromatic N) is 3. The third-order valence-electron chi connectivity index (χ3n) is 3.39. The number of fused-ring (bicyclic) bond motifs is 1. The zero-order valence-electron chi connectivity index (χ0n) is 9.91. The van der Waals surface area contributed by atoms with Crippen molar-refractivity contribution < 1.29 is 4.79 Å². The summed E-state index contributed by atoms with van der Waals surface area (Å²) in [6.45, 7) is 1.52. The van der Waals surface area contributed by atoms with Gasteiger partial charge in [-0.15, -0.1) is 0 Å². The quantitative estimate of drug-likeness (QED) is 0.850. The van der Waals surface area contributed by atoms with Crippen LogP contribution in [-0.4, -0.2) is 29.0 Å². The van der Waals surface area contributed by atoms with Crippen LogP contribution >= 0.6 is 0 Å². The van der Waals surface area contributed by atoms with Crippen molar-refractivity contribution in [2.24, 2.45) is 11.7 Å². The summed E-state index contributed by atoms with van der Waals surface area (Å²) >= 11 is 0. The van der Waals surface area contributed by atoms with Gasteiger partial charge in [-0.3, -0.25) is 14.8 Å². The third-order valence-corrected chi connectivity index (χ3v) is 3.39. The highest BCUT2D eigenvalue weighted by atomic mass is 16.1. The van der Waals surface area contributed by atoms with Crippen LogP contribution in [0.2, 0.25) is 0 Å². The molecule has 18 heavy (non-hydrogen) atoms. The highest BCUT2D eigenvalue weighted by Gasteiger charge is 2.26. The highest BCUT2D eigenvalue weighted by Crippen LogP contribution is 2.24. The number of pyridine rings is 2. The largest absolute Gasteiger partial charge is 0.369 e. The number of carbonyl (C=O) groups is 1. The molecule has 2 N–H and O–H groups in total. The molecule has 1 saturated heterocycles. The number of aromatic nitrogens is 2. The van der Waals surface area contributed by atoms with Crippen molar-refractivity contribution in [3.8, 4) is 0 Å². The molecule has 3 heterocycles. The summed E-state index contributed by atoms with van der Waals surface area (Å²) in [6, 6.07) is 5.81. The van der Waals surface area contributed by atoms with Crippen LogP contribution in [0.3, 0.4) is 0 Å². The fraction of sp³-hybridized carbons (Fsp3) is 0.308. The summed E-state index contributed by atoms with van der Waals surface area (Å²) < 4.78 is 0. The molecule has 0 radical (unpaired) electrons. The summed E-state index contributed by atoms with van der Waals surface area (Å²) in [5.74, 6) is -0.270. The highest BCUT2D eigenvalue weighted by molar-refractivity contribution is 5.80. The van der Waals surface area contributed by atoms with Gasteiger partial charge in [-0.1, -0.05) is 0 Å². The van der Waals surface area contributed by atoms with Gasteiger partial charge in [0.15, 0.2) is 0 Å². The Morgan fingerprint density at radius 1 is 1.39 bits per heavy atom. The van der Waals surface area contributed by atoms with E-state index in [4.69, 9.17) is 5.73 Å². The lowest BCUT2D eigenvalue weighted by Gasteiger charge is -2.17. The van der Waals surface area contributed by atoms with E-state index in [1.165, 1.54) is 0 Å². The lowest BCUT2D eigenvalue weighted by molar-refractivity contribution is -0.121. The lowest BCUT2D eigenvalue weighted by Crippen LogP contribution is -2.27. The molecule has 0 spiro atoms. The van der Waals surface area contributed by atoms with Crippen LogP contribution in [0.4, 0.5) is 5.69 Å². The van der Waals surface area contributed by atoms with Crippen LogP contribution < -0.4 is 10.6 Å². The van der Waals surface area contributed by atoms with Crippen molar-refractivity contribution in [2.45, 2.75) is 6.42 Å². The molecule has 3 rings (SSSR count). The van der Waals surface area contributed by atoms with E-state index in [9.17, 15) is 4.79 Å². The van der Waals surface area contributed by atoms with Gasteiger partial charge in [-0.05, 0) is 24.6 Å². The molecule has 0 aliphatic carbocycles. The summed E-state index contributed by atoms with van der Waals surface area (Å²) in [6.07, 6.45) is 4.40. The zero-order chi connectivity index (χ0) is 12.5. The average molecular weight is 242 g/mol.